The molecule has 0 fully saturated rings. The molecule has 0 saturated heterocycles. The third kappa shape index (κ3) is 4.68. The summed E-state index contributed by atoms with van der Waals surface area (Å²) in [7, 11) is 2.40. The van der Waals surface area contributed by atoms with Gasteiger partial charge in [0.2, 0.25) is 0 Å². The van der Waals surface area contributed by atoms with E-state index in [2.05, 4.69) is 37.0 Å². The number of nitrogens with zero attached hydrogens (tertiary/aromatic N) is 2. The first-order valence-corrected chi connectivity index (χ1v) is 10.6. The summed E-state index contributed by atoms with van der Waals surface area (Å²) in [6.45, 7) is -0.543. The van der Waals surface area contributed by atoms with Gasteiger partial charge in [-0.1, -0.05) is 18.2 Å². The molecule has 0 aliphatic heterocycles. The van der Waals surface area contributed by atoms with Crippen molar-refractivity contribution in [3.63, 3.8) is 0 Å². The van der Waals surface area contributed by atoms with Crippen molar-refractivity contribution in [2.75, 3.05) is 20.8 Å². The predicted molar refractivity (Wildman–Crippen MR) is 120 cm³/mol. The molecule has 0 unspecified atom stereocenters. The van der Waals surface area contributed by atoms with Crippen LogP contribution in [0.25, 0.3) is 16.9 Å². The number of hydrogen-bond donors (Lipinski definition) is 1. The van der Waals surface area contributed by atoms with Crippen molar-refractivity contribution in [2.24, 2.45) is 0 Å². The van der Waals surface area contributed by atoms with E-state index in [0.29, 0.717) is 20.2 Å². The lowest BCUT2D eigenvalue weighted by atomic mass is 10.1. The third-order valence-electron chi connectivity index (χ3n) is 4.27. The molecule has 1 heterocycles. The summed E-state index contributed by atoms with van der Waals surface area (Å²) in [6, 6.07) is 11.9. The predicted octanol–water partition coefficient (Wildman–Crippen LogP) is 4.10. The van der Waals surface area contributed by atoms with Crippen LogP contribution < -0.4 is 4.74 Å². The lowest BCUT2D eigenvalue weighted by Crippen LogP contribution is -2.15. The maximum Gasteiger partial charge on any atom is 0.357 e. The highest BCUT2D eigenvalue weighted by Crippen LogP contribution is 2.39. The van der Waals surface area contributed by atoms with Crippen molar-refractivity contribution in [3.05, 3.63) is 62.7 Å². The number of carboxylic acid groups (broad SMARTS) is 1. The zero-order valence-electron chi connectivity index (χ0n) is 16.8. The van der Waals surface area contributed by atoms with Crippen molar-refractivity contribution in [1.29, 1.82) is 0 Å². The molecule has 3 rings (SSSR count). The molecule has 0 saturated carbocycles. The first-order valence-electron chi connectivity index (χ1n) is 8.97. The van der Waals surface area contributed by atoms with Gasteiger partial charge in [-0.25, -0.2) is 19.1 Å². The molecule has 0 amide bonds. The maximum absolute atomic E-state index is 12.7. The second-order valence-corrected chi connectivity index (χ2v) is 7.96. The Kier molecular flexibility index (Phi) is 7.31. The highest BCUT2D eigenvalue weighted by molar-refractivity contribution is 9.11. The second-order valence-electron chi connectivity index (χ2n) is 6.25. The Morgan fingerprint density at radius 1 is 1.00 bits per heavy atom. The largest absolute Gasteiger partial charge is 0.480 e. The molecule has 2 aromatic carbocycles. The molecule has 0 bridgehead atoms. The van der Waals surface area contributed by atoms with Crippen LogP contribution in [-0.2, 0) is 14.3 Å². The minimum atomic E-state index is -1.13. The number of esters is 2. The number of para-hydroxylation sites is 1. The minimum Gasteiger partial charge on any atom is -0.480 e. The van der Waals surface area contributed by atoms with Gasteiger partial charge >= 0.3 is 17.9 Å². The molecule has 0 radical (unpaired) electrons. The van der Waals surface area contributed by atoms with Crippen LogP contribution >= 0.6 is 31.9 Å². The summed E-state index contributed by atoms with van der Waals surface area (Å²) in [5.74, 6) is -2.43. The molecule has 166 valence electrons. The summed E-state index contributed by atoms with van der Waals surface area (Å²) in [5, 5.41) is 13.4. The van der Waals surface area contributed by atoms with Crippen molar-refractivity contribution >= 4 is 49.8 Å². The number of carboxylic acids is 1. The molecule has 9 nitrogen and oxygen atoms in total. The van der Waals surface area contributed by atoms with Crippen LogP contribution in [0.1, 0.15) is 20.8 Å². The highest BCUT2D eigenvalue weighted by Gasteiger charge is 2.31. The van der Waals surface area contributed by atoms with E-state index in [1.807, 2.05) is 0 Å². The quantitative estimate of drug-likeness (QED) is 0.424. The highest BCUT2D eigenvalue weighted by atomic mass is 79.9. The van der Waals surface area contributed by atoms with Gasteiger partial charge in [-0.2, -0.15) is 5.10 Å². The fourth-order valence-electron chi connectivity index (χ4n) is 2.93. The van der Waals surface area contributed by atoms with Gasteiger partial charge in [0, 0.05) is 5.56 Å². The van der Waals surface area contributed by atoms with Gasteiger partial charge in [0.15, 0.2) is 12.3 Å². The zero-order chi connectivity index (χ0) is 23.4. The monoisotopic (exact) mass is 566 g/mol. The molecule has 0 aliphatic carbocycles. The molecule has 0 atom stereocenters. The Balaban J connectivity index is 2.27. The molecular formula is C21H16Br2N2O7. The van der Waals surface area contributed by atoms with Gasteiger partial charge in [0.05, 0.1) is 28.9 Å². The normalized spacial score (nSPS) is 10.5. The van der Waals surface area contributed by atoms with Gasteiger partial charge in [0.1, 0.15) is 17.0 Å². The van der Waals surface area contributed by atoms with E-state index in [-0.39, 0.29) is 22.7 Å². The maximum atomic E-state index is 12.7. The topological polar surface area (TPSA) is 117 Å². The Hall–Kier alpha value is -3.18. The van der Waals surface area contributed by atoms with Crippen molar-refractivity contribution in [1.82, 2.24) is 9.78 Å². The van der Waals surface area contributed by atoms with Crippen LogP contribution in [0.5, 0.6) is 5.75 Å². The first-order chi connectivity index (χ1) is 15.3. The molecule has 11 heteroatoms. The summed E-state index contributed by atoms with van der Waals surface area (Å²) in [5.41, 5.74) is 0.947. The number of halogens is 2. The van der Waals surface area contributed by atoms with E-state index in [9.17, 15) is 14.4 Å². The summed E-state index contributed by atoms with van der Waals surface area (Å²) in [4.78, 5) is 36.2. The van der Waals surface area contributed by atoms with Crippen molar-refractivity contribution in [2.45, 2.75) is 0 Å². The van der Waals surface area contributed by atoms with Crippen molar-refractivity contribution < 1.29 is 33.7 Å². The van der Waals surface area contributed by atoms with E-state index in [1.165, 1.54) is 18.9 Å². The number of carbonyl (C=O) groups excluding carboxylic acids is 2. The summed E-state index contributed by atoms with van der Waals surface area (Å²) < 4.78 is 17.2. The standard InChI is InChI=1S/C21H16Br2N2O7/c1-30-20(28)16-17(11-8-13(22)19(14(23)9-11)32-10-15(26)27)24-25(18(16)21(29)31-2)12-6-4-3-5-7-12/h3-9H,10H2,1-2H3,(H,26,27). The Morgan fingerprint density at radius 2 is 1.59 bits per heavy atom. The molecule has 32 heavy (non-hydrogen) atoms. The Bertz CT molecular complexity index is 1170. The molecule has 0 aliphatic rings. The lowest BCUT2D eigenvalue weighted by Gasteiger charge is -2.11. The van der Waals surface area contributed by atoms with E-state index in [4.69, 9.17) is 19.3 Å². The number of hydrogen-bond acceptors (Lipinski definition) is 7. The van der Waals surface area contributed by atoms with E-state index in [1.54, 1.807) is 42.5 Å². The molecule has 1 N–H and O–H groups in total. The SMILES string of the molecule is COC(=O)c1c(-c2cc(Br)c(OCC(=O)O)c(Br)c2)nn(-c2ccccc2)c1C(=O)OC. The number of methoxy groups -OCH3 is 2. The average Bonchev–Trinajstić information content (AvgIpc) is 3.18. The molecule has 3 aromatic rings. The third-order valence-corrected chi connectivity index (χ3v) is 5.44. The van der Waals surface area contributed by atoms with Crippen LogP contribution in [0.4, 0.5) is 0 Å². The fraction of sp³-hybridized carbons (Fsp3) is 0.143. The number of ether oxygens (including phenoxy) is 3. The Labute approximate surface area is 199 Å². The van der Waals surface area contributed by atoms with Gasteiger partial charge in [-0.05, 0) is 56.1 Å². The van der Waals surface area contributed by atoms with E-state index >= 15 is 0 Å². The number of aromatic nitrogens is 2. The van der Waals surface area contributed by atoms with Crippen LogP contribution in [0, 0.1) is 0 Å². The van der Waals surface area contributed by atoms with Gasteiger partial charge in [-0.15, -0.1) is 0 Å². The average molecular weight is 568 g/mol. The van der Waals surface area contributed by atoms with Gasteiger partial charge in [-0.3, -0.25) is 0 Å². The van der Waals surface area contributed by atoms with E-state index in [0.717, 1.165) is 0 Å². The molecular weight excluding hydrogens is 552 g/mol. The number of benzene rings is 2. The minimum absolute atomic E-state index is 0.0822. The fourth-order valence-corrected chi connectivity index (χ4v) is 4.34. The van der Waals surface area contributed by atoms with Crippen LogP contribution in [-0.4, -0.2) is 53.6 Å². The summed E-state index contributed by atoms with van der Waals surface area (Å²) in [6.07, 6.45) is 0. The molecule has 1 aromatic heterocycles. The van der Waals surface area contributed by atoms with Gasteiger partial charge in [0.25, 0.3) is 0 Å². The second kappa shape index (κ2) is 9.96. The number of rotatable bonds is 7. The molecule has 0 spiro atoms. The van der Waals surface area contributed by atoms with Crippen LogP contribution in [0.15, 0.2) is 51.4 Å². The summed E-state index contributed by atoms with van der Waals surface area (Å²) >= 11 is 6.69. The zero-order valence-corrected chi connectivity index (χ0v) is 20.0. The Morgan fingerprint density at radius 3 is 2.12 bits per heavy atom. The number of carbonyl (C=O) groups is 3. The van der Waals surface area contributed by atoms with Gasteiger partial charge < -0.3 is 19.3 Å². The van der Waals surface area contributed by atoms with Crippen molar-refractivity contribution in [3.8, 4) is 22.7 Å². The van der Waals surface area contributed by atoms with E-state index < -0.39 is 24.5 Å². The smallest absolute Gasteiger partial charge is 0.357 e. The first kappa shape index (κ1) is 23.5. The van der Waals surface area contributed by atoms with Crippen LogP contribution in [0.2, 0.25) is 0 Å². The number of aliphatic carboxylic acids is 1. The van der Waals surface area contributed by atoms with Crippen LogP contribution in [0.3, 0.4) is 0 Å². The lowest BCUT2D eigenvalue weighted by molar-refractivity contribution is -0.139.